The van der Waals surface area contributed by atoms with Gasteiger partial charge in [0.2, 0.25) is 5.76 Å². The summed E-state index contributed by atoms with van der Waals surface area (Å²) < 4.78 is 17.3. The van der Waals surface area contributed by atoms with Crippen molar-refractivity contribution >= 4 is 16.9 Å². The first-order valence-electron chi connectivity index (χ1n) is 11.8. The van der Waals surface area contributed by atoms with E-state index in [2.05, 4.69) is 18.7 Å². The van der Waals surface area contributed by atoms with Crippen molar-refractivity contribution in [3.05, 3.63) is 69.1 Å². The second kappa shape index (κ2) is 9.89. The van der Waals surface area contributed by atoms with Gasteiger partial charge in [0.15, 0.2) is 16.9 Å². The maximum Gasteiger partial charge on any atom is 0.290 e. The fourth-order valence-corrected chi connectivity index (χ4v) is 4.76. The zero-order valence-electron chi connectivity index (χ0n) is 20.5. The van der Waals surface area contributed by atoms with Crippen LogP contribution in [-0.2, 0) is 6.42 Å². The van der Waals surface area contributed by atoms with Crippen molar-refractivity contribution in [2.75, 3.05) is 40.4 Å². The zero-order valence-corrected chi connectivity index (χ0v) is 20.5. The third-order valence-corrected chi connectivity index (χ3v) is 6.72. The molecule has 0 radical (unpaired) electrons. The van der Waals surface area contributed by atoms with Crippen LogP contribution in [0.15, 0.2) is 45.6 Å². The molecule has 0 saturated heterocycles. The minimum absolute atomic E-state index is 0.108. The Morgan fingerprint density at radius 1 is 1.03 bits per heavy atom. The van der Waals surface area contributed by atoms with Gasteiger partial charge < -0.3 is 23.7 Å². The molecule has 0 aliphatic carbocycles. The van der Waals surface area contributed by atoms with Gasteiger partial charge in [-0.15, -0.1) is 0 Å². The number of hydrogen-bond donors (Lipinski definition) is 0. The van der Waals surface area contributed by atoms with Gasteiger partial charge in [-0.3, -0.25) is 9.59 Å². The van der Waals surface area contributed by atoms with E-state index in [9.17, 15) is 9.59 Å². The minimum Gasteiger partial charge on any atom is -0.493 e. The lowest BCUT2D eigenvalue weighted by atomic mass is 9.96. The van der Waals surface area contributed by atoms with E-state index in [4.69, 9.17) is 13.9 Å². The lowest BCUT2D eigenvalue weighted by Gasteiger charge is -2.29. The van der Waals surface area contributed by atoms with Gasteiger partial charge in [-0.25, -0.2) is 0 Å². The van der Waals surface area contributed by atoms with E-state index in [1.807, 2.05) is 31.2 Å². The zero-order chi connectivity index (χ0) is 24.4. The number of rotatable bonds is 9. The van der Waals surface area contributed by atoms with Crippen LogP contribution in [0.5, 0.6) is 11.5 Å². The molecular weight excluding hydrogens is 432 g/mol. The summed E-state index contributed by atoms with van der Waals surface area (Å²) in [5.74, 6) is 0.875. The van der Waals surface area contributed by atoms with Crippen molar-refractivity contribution in [3.8, 4) is 11.5 Å². The van der Waals surface area contributed by atoms with Crippen LogP contribution >= 0.6 is 0 Å². The molecule has 7 heteroatoms. The molecular formula is C27H32N2O5. The highest BCUT2D eigenvalue weighted by molar-refractivity contribution is 5.99. The number of ether oxygens (including phenoxy) is 2. The van der Waals surface area contributed by atoms with Crippen LogP contribution in [0.3, 0.4) is 0 Å². The number of methoxy groups -OCH3 is 2. The molecule has 7 nitrogen and oxygen atoms in total. The predicted molar refractivity (Wildman–Crippen MR) is 132 cm³/mol. The van der Waals surface area contributed by atoms with E-state index < -0.39 is 6.04 Å². The highest BCUT2D eigenvalue weighted by Gasteiger charge is 2.44. The third kappa shape index (κ3) is 3.94. The van der Waals surface area contributed by atoms with E-state index in [1.165, 1.54) is 0 Å². The molecule has 0 saturated carbocycles. The Kier molecular flexibility index (Phi) is 6.93. The van der Waals surface area contributed by atoms with Crippen LogP contribution in [0.4, 0.5) is 0 Å². The standard InChI is InChI=1S/C27H32N2O5/c1-6-17-12-13-20-19(16-17)24(30)22-23(18-10-9-11-21(32-4)25(18)33-5)29(27(31)26(22)34-20)15-14-28(7-2)8-3/h9-13,16,23H,6-8,14-15H2,1-5H3. The molecule has 1 unspecified atom stereocenters. The molecule has 0 fully saturated rings. The second-order valence-corrected chi connectivity index (χ2v) is 8.37. The van der Waals surface area contributed by atoms with Crippen LogP contribution in [-0.4, -0.2) is 56.1 Å². The number of likely N-dealkylation sites (N-methyl/N-ethyl adjacent to an activating group) is 1. The first-order valence-corrected chi connectivity index (χ1v) is 11.8. The average Bonchev–Trinajstić information content (AvgIpc) is 3.15. The van der Waals surface area contributed by atoms with Crippen LogP contribution in [0, 0.1) is 0 Å². The molecule has 0 bridgehead atoms. The van der Waals surface area contributed by atoms with Gasteiger partial charge in [-0.1, -0.05) is 39.0 Å². The SMILES string of the molecule is CCc1ccc2oc3c(c(=O)c2c1)C(c1cccc(OC)c1OC)N(CCN(CC)CC)C3=O. The molecule has 2 heterocycles. The topological polar surface area (TPSA) is 72.2 Å². The molecule has 2 aromatic carbocycles. The Balaban J connectivity index is 1.95. The van der Waals surface area contributed by atoms with Crippen LogP contribution in [0.1, 0.15) is 54.1 Å². The van der Waals surface area contributed by atoms with Gasteiger partial charge in [0.05, 0.1) is 31.2 Å². The van der Waals surface area contributed by atoms with Gasteiger partial charge in [0.1, 0.15) is 5.58 Å². The van der Waals surface area contributed by atoms with E-state index in [0.29, 0.717) is 46.7 Å². The van der Waals surface area contributed by atoms with Gasteiger partial charge in [0, 0.05) is 18.7 Å². The number of aryl methyl sites for hydroxylation is 1. The molecule has 3 aromatic rings. The van der Waals surface area contributed by atoms with Crippen molar-refractivity contribution in [3.63, 3.8) is 0 Å². The number of fused-ring (bicyclic) bond motifs is 2. The number of para-hydroxylation sites is 1. The Hall–Kier alpha value is -3.32. The third-order valence-electron chi connectivity index (χ3n) is 6.72. The fraction of sp³-hybridized carbons (Fsp3) is 0.407. The number of amides is 1. The van der Waals surface area contributed by atoms with Gasteiger partial charge in [0.25, 0.3) is 5.91 Å². The van der Waals surface area contributed by atoms with Crippen molar-refractivity contribution in [2.45, 2.75) is 33.2 Å². The lowest BCUT2D eigenvalue weighted by Crippen LogP contribution is -2.38. The fourth-order valence-electron chi connectivity index (χ4n) is 4.76. The predicted octanol–water partition coefficient (Wildman–Crippen LogP) is 4.26. The van der Waals surface area contributed by atoms with Crippen LogP contribution in [0.2, 0.25) is 0 Å². The minimum atomic E-state index is -0.631. The normalized spacial score (nSPS) is 15.3. The van der Waals surface area contributed by atoms with Crippen LogP contribution < -0.4 is 14.9 Å². The first kappa shape index (κ1) is 23.8. The molecule has 1 aliphatic rings. The Morgan fingerprint density at radius 2 is 1.79 bits per heavy atom. The smallest absolute Gasteiger partial charge is 0.290 e. The Bertz CT molecular complexity index is 1260. The first-order chi connectivity index (χ1) is 16.5. The average molecular weight is 465 g/mol. The molecule has 1 aliphatic heterocycles. The molecule has 180 valence electrons. The molecule has 0 spiro atoms. The summed E-state index contributed by atoms with van der Waals surface area (Å²) >= 11 is 0. The molecule has 1 amide bonds. The Labute approximate surface area is 199 Å². The number of carbonyl (C=O) groups is 1. The van der Waals surface area contributed by atoms with Crippen molar-refractivity contribution in [1.29, 1.82) is 0 Å². The number of hydrogen-bond acceptors (Lipinski definition) is 6. The van der Waals surface area contributed by atoms with Crippen molar-refractivity contribution < 1.29 is 18.7 Å². The summed E-state index contributed by atoms with van der Waals surface area (Å²) in [6.07, 6.45) is 0.800. The second-order valence-electron chi connectivity index (χ2n) is 8.37. The monoisotopic (exact) mass is 464 g/mol. The van der Waals surface area contributed by atoms with E-state index >= 15 is 0 Å². The van der Waals surface area contributed by atoms with Gasteiger partial charge in [-0.2, -0.15) is 0 Å². The maximum absolute atomic E-state index is 13.8. The largest absolute Gasteiger partial charge is 0.493 e. The molecule has 1 atom stereocenters. The van der Waals surface area contributed by atoms with Crippen LogP contribution in [0.25, 0.3) is 11.0 Å². The number of nitrogens with zero attached hydrogens (tertiary/aromatic N) is 2. The summed E-state index contributed by atoms with van der Waals surface area (Å²) in [6, 6.07) is 10.5. The highest BCUT2D eigenvalue weighted by Crippen LogP contribution is 2.44. The summed E-state index contributed by atoms with van der Waals surface area (Å²) in [5, 5.41) is 0.489. The summed E-state index contributed by atoms with van der Waals surface area (Å²) in [4.78, 5) is 31.5. The molecule has 0 N–H and O–H groups in total. The van der Waals surface area contributed by atoms with Crippen molar-refractivity contribution in [2.24, 2.45) is 0 Å². The molecule has 34 heavy (non-hydrogen) atoms. The summed E-state index contributed by atoms with van der Waals surface area (Å²) in [6.45, 7) is 9.11. The van der Waals surface area contributed by atoms with E-state index in [1.54, 1.807) is 31.3 Å². The van der Waals surface area contributed by atoms with E-state index in [-0.39, 0.29) is 17.1 Å². The Morgan fingerprint density at radius 3 is 2.44 bits per heavy atom. The maximum atomic E-state index is 13.8. The van der Waals surface area contributed by atoms with Gasteiger partial charge in [-0.05, 0) is 43.3 Å². The number of benzene rings is 2. The lowest BCUT2D eigenvalue weighted by molar-refractivity contribution is 0.0706. The summed E-state index contributed by atoms with van der Waals surface area (Å²) in [5.41, 5.74) is 2.35. The quantitative estimate of drug-likeness (QED) is 0.471. The highest BCUT2D eigenvalue weighted by atomic mass is 16.5. The molecule has 4 rings (SSSR count). The number of carbonyl (C=O) groups excluding carboxylic acids is 1. The van der Waals surface area contributed by atoms with Gasteiger partial charge >= 0.3 is 0 Å². The van der Waals surface area contributed by atoms with E-state index in [0.717, 1.165) is 25.1 Å². The summed E-state index contributed by atoms with van der Waals surface area (Å²) in [7, 11) is 3.14. The molecule has 1 aromatic heterocycles. The van der Waals surface area contributed by atoms with Crippen molar-refractivity contribution in [1.82, 2.24) is 9.80 Å².